The minimum atomic E-state index is -0.653. The third-order valence-corrected chi connectivity index (χ3v) is 4.30. The highest BCUT2D eigenvalue weighted by Crippen LogP contribution is 2.23. The van der Waals surface area contributed by atoms with Crippen molar-refractivity contribution in [3.05, 3.63) is 70.2 Å². The van der Waals surface area contributed by atoms with Crippen molar-refractivity contribution in [1.82, 2.24) is 35.1 Å². The molecule has 9 nitrogen and oxygen atoms in total. The lowest BCUT2D eigenvalue weighted by Gasteiger charge is -2.30. The van der Waals surface area contributed by atoms with E-state index in [1.54, 1.807) is 4.90 Å². The number of nitrogens with zero attached hydrogens (tertiary/aromatic N) is 6. The Balaban J connectivity index is 1.67. The van der Waals surface area contributed by atoms with Crippen molar-refractivity contribution < 1.29 is 4.79 Å². The Bertz CT molecular complexity index is 937. The molecule has 2 aromatic heterocycles. The molecule has 25 heavy (non-hydrogen) atoms. The second-order valence-electron chi connectivity index (χ2n) is 5.77. The Morgan fingerprint density at radius 3 is 2.84 bits per heavy atom. The molecule has 1 amide bonds. The van der Waals surface area contributed by atoms with Crippen LogP contribution in [0.3, 0.4) is 0 Å². The molecule has 1 N–H and O–H groups in total. The molecule has 1 aliphatic heterocycles. The Morgan fingerprint density at radius 2 is 2.08 bits per heavy atom. The van der Waals surface area contributed by atoms with E-state index in [0.29, 0.717) is 30.8 Å². The van der Waals surface area contributed by atoms with E-state index in [2.05, 4.69) is 25.5 Å². The number of aromatic nitrogens is 6. The molecule has 0 bridgehead atoms. The summed E-state index contributed by atoms with van der Waals surface area (Å²) in [7, 11) is 0. The lowest BCUT2D eigenvalue weighted by atomic mass is 10.0. The smallest absolute Gasteiger partial charge is 0.254 e. The lowest BCUT2D eigenvalue weighted by molar-refractivity contribution is -0.134. The van der Waals surface area contributed by atoms with Crippen LogP contribution in [0.1, 0.15) is 22.9 Å². The number of carbonyl (C=O) groups excluding carboxylic acids is 1. The number of amides is 1. The fourth-order valence-electron chi connectivity index (χ4n) is 3.06. The van der Waals surface area contributed by atoms with Crippen LogP contribution < -0.4 is 5.56 Å². The van der Waals surface area contributed by atoms with E-state index in [-0.39, 0.29) is 11.5 Å². The van der Waals surface area contributed by atoms with Crippen LogP contribution >= 0.6 is 0 Å². The summed E-state index contributed by atoms with van der Waals surface area (Å²) in [5.74, 6) is -0.133. The van der Waals surface area contributed by atoms with Crippen LogP contribution in [0.4, 0.5) is 0 Å². The van der Waals surface area contributed by atoms with Gasteiger partial charge in [0.05, 0.1) is 18.6 Å². The molecule has 0 aliphatic carbocycles. The van der Waals surface area contributed by atoms with Crippen LogP contribution in [0.5, 0.6) is 0 Å². The van der Waals surface area contributed by atoms with Gasteiger partial charge in [0.2, 0.25) is 0 Å². The summed E-state index contributed by atoms with van der Waals surface area (Å²) < 4.78 is 1.44. The van der Waals surface area contributed by atoms with E-state index in [1.165, 1.54) is 17.3 Å². The third kappa shape index (κ3) is 2.80. The summed E-state index contributed by atoms with van der Waals surface area (Å²) in [4.78, 5) is 33.5. The molecule has 0 radical (unpaired) electrons. The minimum Gasteiger partial charge on any atom is -0.334 e. The predicted octanol–water partition coefficient (Wildman–Crippen LogP) is -0.0693. The predicted molar refractivity (Wildman–Crippen MR) is 86.4 cm³/mol. The van der Waals surface area contributed by atoms with Crippen LogP contribution in [-0.4, -0.2) is 47.5 Å². The molecular formula is C16H15N7O2. The monoisotopic (exact) mass is 337 g/mol. The highest BCUT2D eigenvalue weighted by Gasteiger charge is 2.31. The van der Waals surface area contributed by atoms with Crippen LogP contribution in [0.2, 0.25) is 0 Å². The first-order valence-corrected chi connectivity index (χ1v) is 7.85. The van der Waals surface area contributed by atoms with Gasteiger partial charge in [0.25, 0.3) is 11.5 Å². The number of hydrogen-bond acceptors (Lipinski definition) is 6. The molecule has 1 aliphatic rings. The van der Waals surface area contributed by atoms with Gasteiger partial charge in [-0.1, -0.05) is 30.3 Å². The van der Waals surface area contributed by atoms with Gasteiger partial charge in [-0.3, -0.25) is 9.59 Å². The van der Waals surface area contributed by atoms with E-state index in [1.807, 2.05) is 30.3 Å². The maximum Gasteiger partial charge on any atom is 0.254 e. The number of nitrogens with one attached hydrogen (secondary N) is 1. The molecule has 1 unspecified atom stereocenters. The van der Waals surface area contributed by atoms with E-state index in [9.17, 15) is 9.59 Å². The molecule has 9 heteroatoms. The molecule has 1 atom stereocenters. The van der Waals surface area contributed by atoms with Gasteiger partial charge in [0, 0.05) is 12.1 Å². The van der Waals surface area contributed by atoms with Gasteiger partial charge in [-0.05, 0) is 22.4 Å². The normalized spacial score (nSPS) is 14.8. The topological polar surface area (TPSA) is 110 Å². The Kier molecular flexibility index (Phi) is 3.81. The van der Waals surface area contributed by atoms with Crippen molar-refractivity contribution in [2.75, 3.05) is 6.54 Å². The third-order valence-electron chi connectivity index (χ3n) is 4.30. The van der Waals surface area contributed by atoms with Crippen LogP contribution in [-0.2, 0) is 17.8 Å². The number of tetrazole rings is 1. The van der Waals surface area contributed by atoms with Crippen molar-refractivity contribution in [3.8, 4) is 0 Å². The van der Waals surface area contributed by atoms with Crippen LogP contribution in [0.25, 0.3) is 0 Å². The van der Waals surface area contributed by atoms with Crippen molar-refractivity contribution >= 4 is 5.91 Å². The van der Waals surface area contributed by atoms with E-state index >= 15 is 0 Å². The number of hydrogen-bond donors (Lipinski definition) is 1. The largest absolute Gasteiger partial charge is 0.334 e. The molecule has 3 heterocycles. The first kappa shape index (κ1) is 15.2. The zero-order chi connectivity index (χ0) is 17.2. The summed E-state index contributed by atoms with van der Waals surface area (Å²) in [5, 5.41) is 11.2. The van der Waals surface area contributed by atoms with Gasteiger partial charge >= 0.3 is 0 Å². The van der Waals surface area contributed by atoms with Crippen LogP contribution in [0.15, 0.2) is 47.8 Å². The number of H-pyrrole nitrogens is 1. The fraction of sp³-hybridized carbons (Fsp3) is 0.250. The summed E-state index contributed by atoms with van der Waals surface area (Å²) >= 11 is 0. The molecule has 0 spiro atoms. The molecule has 0 saturated carbocycles. The number of benzene rings is 1. The zero-order valence-corrected chi connectivity index (χ0v) is 13.2. The SMILES string of the molecule is O=C(C(c1ccccc1)n1cnnn1)N1CCc2c(nc[nH]c2=O)C1. The molecule has 1 aromatic carbocycles. The highest BCUT2D eigenvalue weighted by atomic mass is 16.2. The quantitative estimate of drug-likeness (QED) is 0.716. The Labute approximate surface area is 142 Å². The molecule has 0 saturated heterocycles. The van der Waals surface area contributed by atoms with Crippen molar-refractivity contribution in [3.63, 3.8) is 0 Å². The van der Waals surface area contributed by atoms with Gasteiger partial charge in [0.15, 0.2) is 6.04 Å². The second-order valence-corrected chi connectivity index (χ2v) is 5.77. The van der Waals surface area contributed by atoms with E-state index in [4.69, 9.17) is 0 Å². The molecule has 3 aromatic rings. The average molecular weight is 337 g/mol. The number of aromatic amines is 1. The van der Waals surface area contributed by atoms with Crippen molar-refractivity contribution in [1.29, 1.82) is 0 Å². The van der Waals surface area contributed by atoms with Gasteiger partial charge < -0.3 is 9.88 Å². The summed E-state index contributed by atoms with van der Waals surface area (Å²) in [5.41, 5.74) is 1.93. The number of rotatable bonds is 3. The first-order chi connectivity index (χ1) is 12.2. The van der Waals surface area contributed by atoms with Gasteiger partial charge in [0.1, 0.15) is 6.33 Å². The van der Waals surface area contributed by atoms with Gasteiger partial charge in [-0.2, -0.15) is 0 Å². The highest BCUT2D eigenvalue weighted by molar-refractivity contribution is 5.83. The second kappa shape index (κ2) is 6.27. The zero-order valence-electron chi connectivity index (χ0n) is 13.2. The van der Waals surface area contributed by atoms with E-state index in [0.717, 1.165) is 5.56 Å². The standard InChI is InChI=1S/C16H15N7O2/c24-15-12-6-7-22(8-13(12)17-9-18-15)16(25)14(23-10-19-20-21-23)11-4-2-1-3-5-11/h1-5,9-10,14H,6-8H2,(H,17,18,24). The summed E-state index contributed by atoms with van der Waals surface area (Å²) in [6.07, 6.45) is 3.27. The fourth-order valence-corrected chi connectivity index (χ4v) is 3.06. The van der Waals surface area contributed by atoms with Gasteiger partial charge in [-0.25, -0.2) is 9.67 Å². The Morgan fingerprint density at radius 1 is 1.24 bits per heavy atom. The average Bonchev–Trinajstić information content (AvgIpc) is 3.17. The minimum absolute atomic E-state index is 0.133. The van der Waals surface area contributed by atoms with Gasteiger partial charge in [-0.15, -0.1) is 5.10 Å². The molecule has 0 fully saturated rings. The molecule has 4 rings (SSSR count). The lowest BCUT2D eigenvalue weighted by Crippen LogP contribution is -2.43. The molecular weight excluding hydrogens is 322 g/mol. The first-order valence-electron chi connectivity index (χ1n) is 7.85. The number of carbonyl (C=O) groups is 1. The van der Waals surface area contributed by atoms with Crippen molar-refractivity contribution in [2.24, 2.45) is 0 Å². The summed E-state index contributed by atoms with van der Waals surface area (Å²) in [6.45, 7) is 0.746. The summed E-state index contributed by atoms with van der Waals surface area (Å²) in [6, 6.07) is 8.70. The van der Waals surface area contributed by atoms with E-state index < -0.39 is 6.04 Å². The van der Waals surface area contributed by atoms with Crippen LogP contribution in [0, 0.1) is 0 Å². The maximum absolute atomic E-state index is 13.2. The Hall–Kier alpha value is -3.36. The molecule has 126 valence electrons. The van der Waals surface area contributed by atoms with Crippen molar-refractivity contribution in [2.45, 2.75) is 19.0 Å². The number of fused-ring (bicyclic) bond motifs is 1. The maximum atomic E-state index is 13.2.